The second-order valence-electron chi connectivity index (χ2n) is 8.22. The Kier molecular flexibility index (Phi) is 6.57. The molecule has 0 amide bonds. The van der Waals surface area contributed by atoms with Crippen LogP contribution in [-0.4, -0.2) is 23.3 Å². The fraction of sp³-hybridized carbons (Fsp3) is 0.167. The van der Waals surface area contributed by atoms with Crippen LogP contribution in [0.5, 0.6) is 11.5 Å². The number of aryl methyl sites for hydroxylation is 1. The lowest BCUT2D eigenvalue weighted by atomic mass is 10.1. The maximum atomic E-state index is 6.13. The first-order chi connectivity index (χ1) is 16.8. The summed E-state index contributed by atoms with van der Waals surface area (Å²) in [6.45, 7) is 1.57. The Labute approximate surface area is 200 Å². The highest BCUT2D eigenvalue weighted by Gasteiger charge is 2.09. The van der Waals surface area contributed by atoms with Gasteiger partial charge in [-0.3, -0.25) is 0 Å². The highest BCUT2D eigenvalue weighted by molar-refractivity contribution is 5.88. The normalized spacial score (nSPS) is 11.4. The van der Waals surface area contributed by atoms with Crippen molar-refractivity contribution in [1.82, 2.24) is 9.55 Å². The van der Waals surface area contributed by atoms with Gasteiger partial charge in [-0.05, 0) is 54.6 Å². The quantitative estimate of drug-likeness (QED) is 0.223. The minimum Gasteiger partial charge on any atom is -0.496 e. The molecule has 0 radical (unpaired) electrons. The average molecular weight is 449 g/mol. The van der Waals surface area contributed by atoms with Gasteiger partial charge in [0.25, 0.3) is 0 Å². The Morgan fingerprint density at radius 1 is 0.765 bits per heavy atom. The van der Waals surface area contributed by atoms with Gasteiger partial charge in [0.2, 0.25) is 0 Å². The number of unbranched alkanes of at least 4 members (excludes halogenated alkanes) is 1. The first kappa shape index (κ1) is 21.8. The molecule has 0 aliphatic rings. The molecule has 0 aliphatic heterocycles. The molecule has 0 saturated heterocycles. The van der Waals surface area contributed by atoms with Crippen LogP contribution in [0.3, 0.4) is 0 Å². The van der Waals surface area contributed by atoms with Crippen molar-refractivity contribution < 1.29 is 9.47 Å². The first-order valence-corrected chi connectivity index (χ1v) is 11.7. The Balaban J connectivity index is 1.28. The zero-order chi connectivity index (χ0) is 23.2. The summed E-state index contributed by atoms with van der Waals surface area (Å²) in [6.07, 6.45) is 6.11. The number of para-hydroxylation sites is 3. The minimum absolute atomic E-state index is 0.688. The largest absolute Gasteiger partial charge is 0.496 e. The second-order valence-corrected chi connectivity index (χ2v) is 8.22. The summed E-state index contributed by atoms with van der Waals surface area (Å²) in [4.78, 5) is 4.87. The van der Waals surface area contributed by atoms with Crippen molar-refractivity contribution in [3.05, 3.63) is 102 Å². The minimum atomic E-state index is 0.688. The number of hydrogen-bond donors (Lipinski definition) is 0. The molecule has 0 unspecified atom stereocenters. The van der Waals surface area contributed by atoms with Crippen molar-refractivity contribution in [2.24, 2.45) is 0 Å². The summed E-state index contributed by atoms with van der Waals surface area (Å²) in [5.74, 6) is 2.75. The van der Waals surface area contributed by atoms with Gasteiger partial charge in [-0.25, -0.2) is 4.98 Å². The Hall–Kier alpha value is -4.05. The molecule has 1 heterocycles. The molecule has 34 heavy (non-hydrogen) atoms. The summed E-state index contributed by atoms with van der Waals surface area (Å²) in [6, 6.07) is 30.9. The third-order valence-corrected chi connectivity index (χ3v) is 6.02. The maximum Gasteiger partial charge on any atom is 0.133 e. The van der Waals surface area contributed by atoms with Crippen LogP contribution in [0.25, 0.3) is 34.0 Å². The molecule has 0 N–H and O–H groups in total. The standard InChI is InChI=1S/C30H28N2O2/c1-33-28-17-7-3-12-24(28)19-20-30-31-26-15-5-6-16-27(26)32(30)21-8-9-22-34-29-18-10-13-23-11-2-4-14-25(23)29/h2-7,10-20H,8-9,21-22H2,1H3/b20-19+. The van der Waals surface area contributed by atoms with Crippen molar-refractivity contribution in [1.29, 1.82) is 0 Å². The van der Waals surface area contributed by atoms with Crippen molar-refractivity contribution in [3.8, 4) is 11.5 Å². The zero-order valence-corrected chi connectivity index (χ0v) is 19.4. The van der Waals surface area contributed by atoms with Crippen LogP contribution < -0.4 is 9.47 Å². The van der Waals surface area contributed by atoms with Gasteiger partial charge in [-0.2, -0.15) is 0 Å². The summed E-state index contributed by atoms with van der Waals surface area (Å²) in [5.41, 5.74) is 3.19. The highest BCUT2D eigenvalue weighted by Crippen LogP contribution is 2.26. The number of fused-ring (bicyclic) bond motifs is 2. The van der Waals surface area contributed by atoms with Gasteiger partial charge in [-0.15, -0.1) is 0 Å². The van der Waals surface area contributed by atoms with E-state index in [0.717, 1.165) is 58.7 Å². The first-order valence-electron chi connectivity index (χ1n) is 11.7. The van der Waals surface area contributed by atoms with E-state index < -0.39 is 0 Å². The van der Waals surface area contributed by atoms with Crippen LogP contribution in [0.1, 0.15) is 24.2 Å². The fourth-order valence-corrected chi connectivity index (χ4v) is 4.30. The smallest absolute Gasteiger partial charge is 0.133 e. The van der Waals surface area contributed by atoms with E-state index in [1.807, 2.05) is 36.4 Å². The molecule has 0 bridgehead atoms. The summed E-state index contributed by atoms with van der Waals surface area (Å²) < 4.78 is 13.9. The van der Waals surface area contributed by atoms with E-state index in [4.69, 9.17) is 14.5 Å². The summed E-state index contributed by atoms with van der Waals surface area (Å²) in [7, 11) is 1.70. The molecule has 4 heteroatoms. The number of rotatable bonds is 9. The van der Waals surface area contributed by atoms with Gasteiger partial charge >= 0.3 is 0 Å². The SMILES string of the molecule is COc1ccccc1/C=C/c1nc2ccccc2n1CCCCOc1cccc2ccccc12. The topological polar surface area (TPSA) is 36.3 Å². The number of ether oxygens (including phenoxy) is 2. The van der Waals surface area contributed by atoms with Crippen LogP contribution >= 0.6 is 0 Å². The number of imidazole rings is 1. The van der Waals surface area contributed by atoms with E-state index in [1.54, 1.807) is 7.11 Å². The monoisotopic (exact) mass is 448 g/mol. The molecular weight excluding hydrogens is 420 g/mol. The van der Waals surface area contributed by atoms with Gasteiger partial charge in [0.15, 0.2) is 0 Å². The molecule has 1 aromatic heterocycles. The average Bonchev–Trinajstić information content (AvgIpc) is 3.25. The Bertz CT molecular complexity index is 1430. The van der Waals surface area contributed by atoms with Crippen LogP contribution in [0.4, 0.5) is 0 Å². The van der Waals surface area contributed by atoms with E-state index in [1.165, 1.54) is 5.39 Å². The van der Waals surface area contributed by atoms with E-state index in [-0.39, 0.29) is 0 Å². The Morgan fingerprint density at radius 2 is 1.53 bits per heavy atom. The number of benzene rings is 4. The molecular formula is C30H28N2O2. The van der Waals surface area contributed by atoms with Crippen LogP contribution in [-0.2, 0) is 6.54 Å². The lowest BCUT2D eigenvalue weighted by molar-refractivity contribution is 0.307. The molecule has 4 aromatic carbocycles. The van der Waals surface area contributed by atoms with Gasteiger partial charge in [0.05, 0.1) is 24.8 Å². The zero-order valence-electron chi connectivity index (χ0n) is 19.4. The van der Waals surface area contributed by atoms with E-state index in [0.29, 0.717) is 6.61 Å². The maximum absolute atomic E-state index is 6.13. The van der Waals surface area contributed by atoms with E-state index >= 15 is 0 Å². The molecule has 0 fully saturated rings. The predicted octanol–water partition coefficient (Wildman–Crippen LogP) is 7.23. The van der Waals surface area contributed by atoms with Crippen molar-refractivity contribution in [2.45, 2.75) is 19.4 Å². The molecule has 5 rings (SSSR count). The second kappa shape index (κ2) is 10.3. The molecule has 0 atom stereocenters. The van der Waals surface area contributed by atoms with E-state index in [9.17, 15) is 0 Å². The molecule has 0 aliphatic carbocycles. The van der Waals surface area contributed by atoms with Crippen LogP contribution in [0, 0.1) is 0 Å². The highest BCUT2D eigenvalue weighted by atomic mass is 16.5. The summed E-state index contributed by atoms with van der Waals surface area (Å²) in [5, 5.41) is 2.37. The lowest BCUT2D eigenvalue weighted by Gasteiger charge is -2.10. The lowest BCUT2D eigenvalue weighted by Crippen LogP contribution is -2.04. The molecule has 170 valence electrons. The van der Waals surface area contributed by atoms with Gasteiger partial charge in [-0.1, -0.05) is 66.7 Å². The molecule has 5 aromatic rings. The van der Waals surface area contributed by atoms with E-state index in [2.05, 4.69) is 71.3 Å². The molecule has 0 spiro atoms. The molecule has 4 nitrogen and oxygen atoms in total. The van der Waals surface area contributed by atoms with Gasteiger partial charge in [0.1, 0.15) is 17.3 Å². The predicted molar refractivity (Wildman–Crippen MR) is 140 cm³/mol. The van der Waals surface area contributed by atoms with Crippen molar-refractivity contribution >= 4 is 34.0 Å². The fourth-order valence-electron chi connectivity index (χ4n) is 4.30. The van der Waals surface area contributed by atoms with Crippen molar-refractivity contribution in [2.75, 3.05) is 13.7 Å². The third kappa shape index (κ3) is 4.67. The van der Waals surface area contributed by atoms with Gasteiger partial charge < -0.3 is 14.0 Å². The number of methoxy groups -OCH3 is 1. The number of nitrogens with zero attached hydrogens (tertiary/aromatic N) is 2. The Morgan fingerprint density at radius 3 is 2.47 bits per heavy atom. The third-order valence-electron chi connectivity index (χ3n) is 6.02. The molecule has 0 saturated carbocycles. The van der Waals surface area contributed by atoms with Crippen LogP contribution in [0.2, 0.25) is 0 Å². The number of aromatic nitrogens is 2. The van der Waals surface area contributed by atoms with Gasteiger partial charge in [0, 0.05) is 17.5 Å². The van der Waals surface area contributed by atoms with Crippen molar-refractivity contribution in [3.63, 3.8) is 0 Å². The summed E-state index contributed by atoms with van der Waals surface area (Å²) >= 11 is 0. The number of hydrogen-bond acceptors (Lipinski definition) is 3. The van der Waals surface area contributed by atoms with Crippen LogP contribution in [0.15, 0.2) is 91.0 Å².